The Morgan fingerprint density at radius 3 is 2.74 bits per heavy atom. The van der Waals surface area contributed by atoms with Crippen LogP contribution in [0.5, 0.6) is 0 Å². The van der Waals surface area contributed by atoms with Gasteiger partial charge in [0.2, 0.25) is 11.1 Å². The van der Waals surface area contributed by atoms with Gasteiger partial charge in [0.15, 0.2) is 0 Å². The highest BCUT2D eigenvalue weighted by Gasteiger charge is 2.19. The molecule has 2 rings (SSSR count). The highest BCUT2D eigenvalue weighted by Crippen LogP contribution is 2.17. The van der Waals surface area contributed by atoms with Crippen molar-refractivity contribution < 1.29 is 4.74 Å². The molecule has 2 heterocycles. The zero-order valence-corrected chi connectivity index (χ0v) is 12.7. The number of anilines is 2. The van der Waals surface area contributed by atoms with Gasteiger partial charge in [-0.05, 0) is 6.42 Å². The molecule has 1 N–H and O–H groups in total. The van der Waals surface area contributed by atoms with E-state index in [2.05, 4.69) is 26.5 Å². The molecule has 1 fully saturated rings. The predicted octanol–water partition coefficient (Wildman–Crippen LogP) is 1.13. The van der Waals surface area contributed by atoms with E-state index in [0.717, 1.165) is 50.3 Å². The Morgan fingerprint density at radius 2 is 2.16 bits per heavy atom. The van der Waals surface area contributed by atoms with Gasteiger partial charge in [-0.2, -0.15) is 9.36 Å². The summed E-state index contributed by atoms with van der Waals surface area (Å²) < 4.78 is 9.69. The van der Waals surface area contributed by atoms with Crippen LogP contribution in [0.25, 0.3) is 0 Å². The predicted molar refractivity (Wildman–Crippen MR) is 79.2 cm³/mol. The van der Waals surface area contributed by atoms with Crippen LogP contribution in [0, 0.1) is 0 Å². The number of hydrogen-bond donors (Lipinski definition) is 1. The van der Waals surface area contributed by atoms with E-state index < -0.39 is 0 Å². The number of morpholine rings is 1. The first-order valence-corrected chi connectivity index (χ1v) is 7.54. The summed E-state index contributed by atoms with van der Waals surface area (Å²) in [4.78, 5) is 8.85. The lowest BCUT2D eigenvalue weighted by Gasteiger charge is -2.33. The molecule has 1 aromatic rings. The van der Waals surface area contributed by atoms with Crippen molar-refractivity contribution in [2.75, 3.05) is 57.2 Å². The molecule has 1 aromatic heterocycles. The van der Waals surface area contributed by atoms with E-state index in [1.807, 2.05) is 19.0 Å². The topological polar surface area (TPSA) is 53.5 Å². The van der Waals surface area contributed by atoms with Crippen LogP contribution >= 0.6 is 11.5 Å². The Bertz CT molecular complexity index is 378. The molecule has 0 saturated carbocycles. The monoisotopic (exact) mass is 285 g/mol. The summed E-state index contributed by atoms with van der Waals surface area (Å²) in [5.41, 5.74) is 0. The fourth-order valence-electron chi connectivity index (χ4n) is 2.15. The van der Waals surface area contributed by atoms with E-state index in [0.29, 0.717) is 6.04 Å². The summed E-state index contributed by atoms with van der Waals surface area (Å²) in [5.74, 6) is 0.770. The first kappa shape index (κ1) is 14.5. The van der Waals surface area contributed by atoms with Crippen LogP contribution in [0.15, 0.2) is 0 Å². The Hall–Kier alpha value is -0.920. The van der Waals surface area contributed by atoms with Gasteiger partial charge in [-0.15, -0.1) is 0 Å². The second-order valence-corrected chi connectivity index (χ2v) is 5.64. The van der Waals surface area contributed by atoms with E-state index in [1.54, 1.807) is 0 Å². The van der Waals surface area contributed by atoms with Gasteiger partial charge in [-0.3, -0.25) is 4.90 Å². The van der Waals surface area contributed by atoms with Gasteiger partial charge in [0.25, 0.3) is 0 Å². The number of ether oxygens (including phenoxy) is 1. The van der Waals surface area contributed by atoms with Crippen molar-refractivity contribution in [3.05, 3.63) is 0 Å². The maximum Gasteiger partial charge on any atom is 0.238 e. The first-order chi connectivity index (χ1) is 9.20. The fraction of sp³-hybridized carbons (Fsp3) is 0.833. The lowest BCUT2D eigenvalue weighted by molar-refractivity contribution is 0.0184. The molecule has 6 nitrogen and oxygen atoms in total. The van der Waals surface area contributed by atoms with Gasteiger partial charge in [0.1, 0.15) is 0 Å². The molecule has 0 radical (unpaired) electrons. The first-order valence-electron chi connectivity index (χ1n) is 6.77. The maximum absolute atomic E-state index is 5.40. The second kappa shape index (κ2) is 7.02. The van der Waals surface area contributed by atoms with Gasteiger partial charge >= 0.3 is 0 Å². The molecule has 0 amide bonds. The van der Waals surface area contributed by atoms with E-state index in [4.69, 9.17) is 4.74 Å². The quantitative estimate of drug-likeness (QED) is 0.845. The molecule has 0 aromatic carbocycles. The van der Waals surface area contributed by atoms with Crippen LogP contribution in [-0.2, 0) is 4.74 Å². The number of aromatic nitrogens is 2. The molecule has 1 aliphatic heterocycles. The minimum Gasteiger partial charge on any atom is -0.379 e. The number of hydrogen-bond acceptors (Lipinski definition) is 7. The minimum absolute atomic E-state index is 0.538. The molecule has 1 saturated heterocycles. The second-order valence-electron chi connectivity index (χ2n) is 4.89. The van der Waals surface area contributed by atoms with Crippen molar-refractivity contribution >= 4 is 22.6 Å². The smallest absolute Gasteiger partial charge is 0.238 e. The largest absolute Gasteiger partial charge is 0.379 e. The molecule has 0 spiro atoms. The van der Waals surface area contributed by atoms with Crippen LogP contribution < -0.4 is 10.2 Å². The molecular formula is C12H23N5OS. The molecule has 19 heavy (non-hydrogen) atoms. The van der Waals surface area contributed by atoms with Crippen molar-refractivity contribution in [1.82, 2.24) is 14.3 Å². The lowest BCUT2D eigenvalue weighted by Crippen LogP contribution is -2.46. The number of nitrogens with one attached hydrogen (secondary N) is 1. The van der Waals surface area contributed by atoms with Crippen LogP contribution in [-0.4, -0.2) is 67.2 Å². The Labute approximate surface area is 118 Å². The van der Waals surface area contributed by atoms with E-state index in [-0.39, 0.29) is 0 Å². The standard InChI is InChI=1S/C12H23N5OS/c1-4-10(17-5-7-18-8-6-17)9-13-12-14-11(15-19-12)16(2)3/h10H,4-9H2,1-3H3,(H,13,14,15). The van der Waals surface area contributed by atoms with Crippen LogP contribution in [0.4, 0.5) is 11.1 Å². The molecule has 0 bridgehead atoms. The summed E-state index contributed by atoms with van der Waals surface area (Å²) in [6.07, 6.45) is 1.13. The molecule has 1 atom stereocenters. The third-order valence-corrected chi connectivity index (χ3v) is 4.00. The molecule has 1 unspecified atom stereocenters. The summed E-state index contributed by atoms with van der Waals surface area (Å²) in [6.45, 7) is 6.89. The summed E-state index contributed by atoms with van der Waals surface area (Å²) in [5, 5.41) is 4.30. The van der Waals surface area contributed by atoms with Crippen LogP contribution in [0.1, 0.15) is 13.3 Å². The number of rotatable bonds is 6. The lowest BCUT2D eigenvalue weighted by atomic mass is 10.2. The Kier molecular flexibility index (Phi) is 5.35. The zero-order valence-electron chi connectivity index (χ0n) is 11.9. The third kappa shape index (κ3) is 4.02. The Balaban J connectivity index is 1.84. The normalized spacial score (nSPS) is 18.3. The van der Waals surface area contributed by atoms with Crippen molar-refractivity contribution in [2.45, 2.75) is 19.4 Å². The van der Waals surface area contributed by atoms with E-state index in [1.165, 1.54) is 11.5 Å². The molecule has 1 aliphatic rings. The molecule has 108 valence electrons. The van der Waals surface area contributed by atoms with E-state index >= 15 is 0 Å². The van der Waals surface area contributed by atoms with Crippen molar-refractivity contribution in [3.8, 4) is 0 Å². The van der Waals surface area contributed by atoms with E-state index in [9.17, 15) is 0 Å². The average molecular weight is 285 g/mol. The summed E-state index contributed by atoms with van der Waals surface area (Å²) in [6, 6.07) is 0.538. The summed E-state index contributed by atoms with van der Waals surface area (Å²) >= 11 is 1.42. The molecular weight excluding hydrogens is 262 g/mol. The van der Waals surface area contributed by atoms with Gasteiger partial charge in [0, 0.05) is 51.3 Å². The molecule has 0 aliphatic carbocycles. The van der Waals surface area contributed by atoms with Gasteiger partial charge in [-0.1, -0.05) is 6.92 Å². The highest BCUT2D eigenvalue weighted by atomic mass is 32.1. The third-order valence-electron chi connectivity index (χ3n) is 3.34. The fourth-order valence-corrected chi connectivity index (χ4v) is 2.79. The van der Waals surface area contributed by atoms with Crippen molar-refractivity contribution in [2.24, 2.45) is 0 Å². The van der Waals surface area contributed by atoms with Gasteiger partial charge in [0.05, 0.1) is 13.2 Å². The highest BCUT2D eigenvalue weighted by molar-refractivity contribution is 7.09. The minimum atomic E-state index is 0.538. The number of nitrogens with zero attached hydrogens (tertiary/aromatic N) is 4. The van der Waals surface area contributed by atoms with Crippen molar-refractivity contribution in [3.63, 3.8) is 0 Å². The van der Waals surface area contributed by atoms with Crippen molar-refractivity contribution in [1.29, 1.82) is 0 Å². The maximum atomic E-state index is 5.40. The molecule has 7 heteroatoms. The van der Waals surface area contributed by atoms with Gasteiger partial charge < -0.3 is 15.0 Å². The zero-order chi connectivity index (χ0) is 13.7. The Morgan fingerprint density at radius 1 is 1.42 bits per heavy atom. The van der Waals surface area contributed by atoms with Gasteiger partial charge in [-0.25, -0.2) is 0 Å². The SMILES string of the molecule is CCC(CNc1nc(N(C)C)ns1)N1CCOCC1. The van der Waals surface area contributed by atoms with Crippen LogP contribution in [0.3, 0.4) is 0 Å². The average Bonchev–Trinajstić information content (AvgIpc) is 2.90. The van der Waals surface area contributed by atoms with Crippen LogP contribution in [0.2, 0.25) is 0 Å². The summed E-state index contributed by atoms with van der Waals surface area (Å²) in [7, 11) is 3.91.